The number of nitrogens with one attached hydrogen (secondary N) is 1. The van der Waals surface area contributed by atoms with Crippen LogP contribution in [-0.4, -0.2) is 21.0 Å². The van der Waals surface area contributed by atoms with Crippen LogP contribution in [0.4, 0.5) is 0 Å². The Kier molecular flexibility index (Phi) is 4.43. The Morgan fingerprint density at radius 3 is 2.85 bits per heavy atom. The maximum absolute atomic E-state index is 12.5. The molecule has 0 saturated heterocycles. The number of aryl methyl sites for hydroxylation is 1. The fourth-order valence-corrected chi connectivity index (χ4v) is 4.31. The molecular weight excluding hydrogens is 274 g/mol. The molecular formula is C14H19N3O2S. The summed E-state index contributed by atoms with van der Waals surface area (Å²) in [6.07, 6.45) is 2.73. The number of benzene rings is 1. The standard InChI is InChI=1S/C14H19N3O2S/c1-10-4-2-7-14(12(10)9-16)20(18,19)17-13-6-3-5-11(13)8-15/h2,4,7,11,13,17H,3,5-6,8,15H2,1H3/t11-,13-/m1/s1. The van der Waals surface area contributed by atoms with Gasteiger partial charge in [-0.05, 0) is 43.9 Å². The van der Waals surface area contributed by atoms with Crippen LogP contribution in [0.15, 0.2) is 23.1 Å². The molecule has 108 valence electrons. The summed E-state index contributed by atoms with van der Waals surface area (Å²) < 4.78 is 27.7. The summed E-state index contributed by atoms with van der Waals surface area (Å²) >= 11 is 0. The molecule has 0 aliphatic heterocycles. The second-order valence-corrected chi connectivity index (χ2v) is 6.90. The van der Waals surface area contributed by atoms with E-state index in [1.165, 1.54) is 6.07 Å². The summed E-state index contributed by atoms with van der Waals surface area (Å²) in [6, 6.07) is 6.71. The molecule has 2 rings (SSSR count). The van der Waals surface area contributed by atoms with Crippen LogP contribution in [0.3, 0.4) is 0 Å². The molecule has 0 bridgehead atoms. The second-order valence-electron chi connectivity index (χ2n) is 5.21. The molecule has 1 fully saturated rings. The van der Waals surface area contributed by atoms with Crippen molar-refractivity contribution in [2.45, 2.75) is 37.1 Å². The van der Waals surface area contributed by atoms with E-state index >= 15 is 0 Å². The molecule has 2 atom stereocenters. The van der Waals surface area contributed by atoms with Gasteiger partial charge in [-0.25, -0.2) is 13.1 Å². The third-order valence-corrected chi connectivity index (χ3v) is 5.44. The maximum Gasteiger partial charge on any atom is 0.242 e. The summed E-state index contributed by atoms with van der Waals surface area (Å²) in [7, 11) is -3.68. The summed E-state index contributed by atoms with van der Waals surface area (Å²) in [4.78, 5) is 0.0580. The summed E-state index contributed by atoms with van der Waals surface area (Å²) in [5, 5.41) is 9.16. The van der Waals surface area contributed by atoms with Gasteiger partial charge in [0.1, 0.15) is 11.0 Å². The Balaban J connectivity index is 2.32. The van der Waals surface area contributed by atoms with Crippen LogP contribution < -0.4 is 10.5 Å². The number of nitriles is 1. The lowest BCUT2D eigenvalue weighted by molar-refractivity contribution is 0.453. The third-order valence-electron chi connectivity index (χ3n) is 3.90. The average Bonchev–Trinajstić information content (AvgIpc) is 2.84. The molecule has 0 spiro atoms. The molecule has 1 saturated carbocycles. The highest BCUT2D eigenvalue weighted by molar-refractivity contribution is 7.89. The highest BCUT2D eigenvalue weighted by atomic mass is 32.2. The lowest BCUT2D eigenvalue weighted by Crippen LogP contribution is -2.40. The van der Waals surface area contributed by atoms with Gasteiger partial charge in [-0.2, -0.15) is 5.26 Å². The van der Waals surface area contributed by atoms with E-state index in [2.05, 4.69) is 4.72 Å². The van der Waals surface area contributed by atoms with E-state index < -0.39 is 10.0 Å². The molecule has 0 radical (unpaired) electrons. The first-order valence-electron chi connectivity index (χ1n) is 6.71. The Bertz CT molecular complexity index is 634. The Morgan fingerprint density at radius 1 is 1.45 bits per heavy atom. The summed E-state index contributed by atoms with van der Waals surface area (Å²) in [6.45, 7) is 2.21. The minimum absolute atomic E-state index is 0.0580. The normalized spacial score (nSPS) is 22.6. The van der Waals surface area contributed by atoms with E-state index in [1.807, 2.05) is 6.07 Å². The number of nitrogens with zero attached hydrogens (tertiary/aromatic N) is 1. The van der Waals surface area contributed by atoms with Gasteiger partial charge in [-0.3, -0.25) is 0 Å². The van der Waals surface area contributed by atoms with Gasteiger partial charge in [0, 0.05) is 6.04 Å². The number of nitrogens with two attached hydrogens (primary N) is 1. The van der Waals surface area contributed by atoms with Crippen molar-refractivity contribution in [2.75, 3.05) is 6.54 Å². The van der Waals surface area contributed by atoms with Gasteiger partial charge >= 0.3 is 0 Å². The number of hydrogen-bond donors (Lipinski definition) is 2. The quantitative estimate of drug-likeness (QED) is 0.873. The first-order valence-corrected chi connectivity index (χ1v) is 8.20. The zero-order valence-corrected chi connectivity index (χ0v) is 12.3. The number of sulfonamides is 1. The zero-order valence-electron chi connectivity index (χ0n) is 11.5. The van der Waals surface area contributed by atoms with Crippen molar-refractivity contribution in [3.05, 3.63) is 29.3 Å². The lowest BCUT2D eigenvalue weighted by Gasteiger charge is -2.20. The highest BCUT2D eigenvalue weighted by Crippen LogP contribution is 2.27. The van der Waals surface area contributed by atoms with E-state index in [1.54, 1.807) is 19.1 Å². The topological polar surface area (TPSA) is 96.0 Å². The zero-order chi connectivity index (χ0) is 14.8. The molecule has 0 amide bonds. The van der Waals surface area contributed by atoms with Crippen molar-refractivity contribution in [1.29, 1.82) is 5.26 Å². The van der Waals surface area contributed by atoms with Crippen LogP contribution in [0.2, 0.25) is 0 Å². The minimum Gasteiger partial charge on any atom is -0.330 e. The molecule has 1 aliphatic carbocycles. The highest BCUT2D eigenvalue weighted by Gasteiger charge is 2.31. The van der Waals surface area contributed by atoms with Gasteiger partial charge in [0.05, 0.1) is 5.56 Å². The predicted molar refractivity (Wildman–Crippen MR) is 76.4 cm³/mol. The largest absolute Gasteiger partial charge is 0.330 e. The first-order chi connectivity index (χ1) is 9.49. The van der Waals surface area contributed by atoms with Crippen LogP contribution in [0, 0.1) is 24.2 Å². The van der Waals surface area contributed by atoms with Crippen LogP contribution in [0.25, 0.3) is 0 Å². The van der Waals surface area contributed by atoms with Crippen LogP contribution in [0.5, 0.6) is 0 Å². The van der Waals surface area contributed by atoms with Gasteiger partial charge in [0.25, 0.3) is 0 Å². The van der Waals surface area contributed by atoms with Crippen LogP contribution >= 0.6 is 0 Å². The predicted octanol–water partition coefficient (Wildman–Crippen LogP) is 1.27. The van der Waals surface area contributed by atoms with Crippen molar-refractivity contribution in [3.63, 3.8) is 0 Å². The molecule has 1 aromatic rings. The van der Waals surface area contributed by atoms with Crippen molar-refractivity contribution < 1.29 is 8.42 Å². The molecule has 20 heavy (non-hydrogen) atoms. The van der Waals surface area contributed by atoms with E-state index in [9.17, 15) is 8.42 Å². The van der Waals surface area contributed by atoms with Crippen molar-refractivity contribution in [2.24, 2.45) is 11.7 Å². The van der Waals surface area contributed by atoms with Gasteiger partial charge in [0.15, 0.2) is 0 Å². The van der Waals surface area contributed by atoms with E-state index in [-0.39, 0.29) is 22.4 Å². The molecule has 0 heterocycles. The molecule has 1 aliphatic rings. The van der Waals surface area contributed by atoms with Crippen LogP contribution in [0.1, 0.15) is 30.4 Å². The van der Waals surface area contributed by atoms with Crippen LogP contribution in [-0.2, 0) is 10.0 Å². The summed E-state index contributed by atoms with van der Waals surface area (Å²) in [5.41, 5.74) is 6.55. The first kappa shape index (κ1) is 15.0. The van der Waals surface area contributed by atoms with Crippen molar-refractivity contribution in [1.82, 2.24) is 4.72 Å². The van der Waals surface area contributed by atoms with Gasteiger partial charge in [0.2, 0.25) is 10.0 Å². The Hall–Kier alpha value is -1.42. The monoisotopic (exact) mass is 293 g/mol. The third kappa shape index (κ3) is 2.85. The Labute approximate surface area is 119 Å². The fraction of sp³-hybridized carbons (Fsp3) is 0.500. The molecule has 6 heteroatoms. The van der Waals surface area contributed by atoms with E-state index in [0.29, 0.717) is 12.1 Å². The Morgan fingerprint density at radius 2 is 2.20 bits per heavy atom. The number of hydrogen-bond acceptors (Lipinski definition) is 4. The molecule has 0 aromatic heterocycles. The smallest absolute Gasteiger partial charge is 0.242 e. The fourth-order valence-electron chi connectivity index (χ4n) is 2.74. The maximum atomic E-state index is 12.5. The van der Waals surface area contributed by atoms with Gasteiger partial charge in [-0.15, -0.1) is 0 Å². The van der Waals surface area contributed by atoms with Crippen molar-refractivity contribution >= 4 is 10.0 Å². The van der Waals surface area contributed by atoms with Gasteiger partial charge in [-0.1, -0.05) is 18.6 Å². The second kappa shape index (κ2) is 5.92. The molecule has 5 nitrogen and oxygen atoms in total. The average molecular weight is 293 g/mol. The lowest BCUT2D eigenvalue weighted by atomic mass is 10.1. The van der Waals surface area contributed by atoms with E-state index in [4.69, 9.17) is 11.0 Å². The SMILES string of the molecule is Cc1cccc(S(=O)(=O)N[C@@H]2CCC[C@@H]2CN)c1C#N. The molecule has 0 unspecified atom stereocenters. The van der Waals surface area contributed by atoms with Crippen molar-refractivity contribution in [3.8, 4) is 6.07 Å². The number of rotatable bonds is 4. The minimum atomic E-state index is -3.68. The summed E-state index contributed by atoms with van der Waals surface area (Å²) in [5.74, 6) is 0.181. The van der Waals surface area contributed by atoms with Gasteiger partial charge < -0.3 is 5.73 Å². The molecule has 3 N–H and O–H groups in total. The molecule has 1 aromatic carbocycles. The van der Waals surface area contributed by atoms with E-state index in [0.717, 1.165) is 19.3 Å².